The zero-order valence-electron chi connectivity index (χ0n) is 12.1. The monoisotopic (exact) mass is 295 g/mol. The highest BCUT2D eigenvalue weighted by molar-refractivity contribution is 6.30. The van der Waals surface area contributed by atoms with Crippen molar-refractivity contribution in [2.45, 2.75) is 50.4 Å². The largest absolute Gasteiger partial charge is 0.487 e. The van der Waals surface area contributed by atoms with Crippen molar-refractivity contribution in [1.29, 1.82) is 0 Å². The minimum Gasteiger partial charge on any atom is -0.487 e. The Kier molecular flexibility index (Phi) is 3.93. The molecule has 1 unspecified atom stereocenters. The normalized spacial score (nSPS) is 31.6. The van der Waals surface area contributed by atoms with Crippen molar-refractivity contribution in [3.8, 4) is 5.75 Å². The van der Waals surface area contributed by atoms with Crippen molar-refractivity contribution in [3.63, 3.8) is 0 Å². The second-order valence-corrected chi connectivity index (χ2v) is 6.38. The summed E-state index contributed by atoms with van der Waals surface area (Å²) in [6, 6.07) is 6.27. The van der Waals surface area contributed by atoms with Crippen molar-refractivity contribution in [2.24, 2.45) is 0 Å². The van der Waals surface area contributed by atoms with Crippen LogP contribution in [-0.2, 0) is 4.74 Å². The molecule has 1 aliphatic heterocycles. The fourth-order valence-electron chi connectivity index (χ4n) is 3.33. The molecule has 0 aromatic heterocycles. The van der Waals surface area contributed by atoms with E-state index in [0.717, 1.165) is 43.0 Å². The molecule has 1 fully saturated rings. The molecule has 3 rings (SSSR count). The van der Waals surface area contributed by atoms with Gasteiger partial charge in [-0.15, -0.1) is 0 Å². The lowest BCUT2D eigenvalue weighted by molar-refractivity contribution is -0.126. The highest BCUT2D eigenvalue weighted by Crippen LogP contribution is 2.50. The summed E-state index contributed by atoms with van der Waals surface area (Å²) in [4.78, 5) is 0. The number of halogens is 1. The first-order valence-corrected chi connectivity index (χ1v) is 7.78. The zero-order chi connectivity index (χ0) is 14.2. The lowest BCUT2D eigenvalue weighted by atomic mass is 9.71. The van der Waals surface area contributed by atoms with Gasteiger partial charge in [0.05, 0.1) is 6.10 Å². The van der Waals surface area contributed by atoms with Crippen LogP contribution in [0.5, 0.6) is 5.75 Å². The van der Waals surface area contributed by atoms with E-state index in [2.05, 4.69) is 12.2 Å². The number of methoxy groups -OCH3 is 1. The molecule has 1 aromatic carbocycles. The summed E-state index contributed by atoms with van der Waals surface area (Å²) in [5.41, 5.74) is 1.14. The van der Waals surface area contributed by atoms with E-state index in [9.17, 15) is 0 Å². The number of hydrogen-bond donors (Lipinski definition) is 1. The number of fused-ring (bicyclic) bond motifs is 1. The van der Waals surface area contributed by atoms with Gasteiger partial charge in [-0.3, -0.25) is 0 Å². The van der Waals surface area contributed by atoms with E-state index in [1.54, 1.807) is 7.11 Å². The van der Waals surface area contributed by atoms with Gasteiger partial charge in [-0.25, -0.2) is 0 Å². The molecule has 1 atom stereocenters. The maximum atomic E-state index is 6.27. The van der Waals surface area contributed by atoms with Gasteiger partial charge in [-0.05, 0) is 31.2 Å². The van der Waals surface area contributed by atoms with E-state index < -0.39 is 0 Å². The van der Waals surface area contributed by atoms with Crippen LogP contribution in [-0.4, -0.2) is 25.4 Å². The highest BCUT2D eigenvalue weighted by Gasteiger charge is 2.51. The van der Waals surface area contributed by atoms with Crippen molar-refractivity contribution in [3.05, 3.63) is 28.8 Å². The average molecular weight is 296 g/mol. The average Bonchev–Trinajstić information content (AvgIpc) is 2.42. The molecule has 0 saturated heterocycles. The Hall–Kier alpha value is -0.770. The number of hydrogen-bond acceptors (Lipinski definition) is 3. The Labute approximate surface area is 125 Å². The summed E-state index contributed by atoms with van der Waals surface area (Å²) in [6.45, 7) is 3.20. The molecule has 0 radical (unpaired) electrons. The van der Waals surface area contributed by atoms with Gasteiger partial charge in [0.15, 0.2) is 0 Å². The molecule has 1 saturated carbocycles. The van der Waals surface area contributed by atoms with Crippen LogP contribution in [0.2, 0.25) is 5.02 Å². The van der Waals surface area contributed by atoms with Gasteiger partial charge in [-0.2, -0.15) is 0 Å². The molecule has 1 aromatic rings. The van der Waals surface area contributed by atoms with Crippen LogP contribution in [0.1, 0.15) is 44.2 Å². The molecule has 1 spiro atoms. The number of rotatable bonds is 4. The van der Waals surface area contributed by atoms with Crippen molar-refractivity contribution in [1.82, 2.24) is 5.32 Å². The summed E-state index contributed by atoms with van der Waals surface area (Å²) in [5.74, 6) is 0.976. The summed E-state index contributed by atoms with van der Waals surface area (Å²) in [6.07, 6.45) is 4.43. The highest BCUT2D eigenvalue weighted by atomic mass is 35.5. The lowest BCUT2D eigenvalue weighted by Gasteiger charge is -2.51. The quantitative estimate of drug-likeness (QED) is 0.918. The standard InChI is InChI=1S/C16H22ClNO2/c1-3-6-18-14-10-16(8-12(9-16)19-2)20-15-5-4-11(17)7-13(14)15/h4-5,7,12,14,18H,3,6,8-10H2,1-2H3. The Morgan fingerprint density at radius 3 is 2.90 bits per heavy atom. The first-order valence-electron chi connectivity index (χ1n) is 7.40. The summed E-state index contributed by atoms with van der Waals surface area (Å²) in [7, 11) is 1.78. The Morgan fingerprint density at radius 2 is 2.20 bits per heavy atom. The van der Waals surface area contributed by atoms with Crippen molar-refractivity contribution in [2.75, 3.05) is 13.7 Å². The van der Waals surface area contributed by atoms with Crippen LogP contribution in [0.15, 0.2) is 18.2 Å². The molecule has 1 heterocycles. The van der Waals surface area contributed by atoms with Crippen molar-refractivity contribution < 1.29 is 9.47 Å². The zero-order valence-corrected chi connectivity index (χ0v) is 12.9. The maximum Gasteiger partial charge on any atom is 0.125 e. The molecule has 2 aliphatic rings. The van der Waals surface area contributed by atoms with E-state index >= 15 is 0 Å². The van der Waals surface area contributed by atoms with Gasteiger partial charge in [0.1, 0.15) is 11.4 Å². The van der Waals surface area contributed by atoms with Crippen LogP contribution in [0.4, 0.5) is 0 Å². The first kappa shape index (κ1) is 14.2. The minimum absolute atomic E-state index is 0.0487. The Morgan fingerprint density at radius 1 is 1.40 bits per heavy atom. The van der Waals surface area contributed by atoms with Crippen LogP contribution in [0, 0.1) is 0 Å². The smallest absolute Gasteiger partial charge is 0.125 e. The molecule has 0 amide bonds. The van der Waals surface area contributed by atoms with Gasteiger partial charge in [0, 0.05) is 43.0 Å². The van der Waals surface area contributed by atoms with E-state index in [4.69, 9.17) is 21.1 Å². The second-order valence-electron chi connectivity index (χ2n) is 5.94. The molecule has 20 heavy (non-hydrogen) atoms. The van der Waals surface area contributed by atoms with E-state index in [1.165, 1.54) is 5.56 Å². The fraction of sp³-hybridized carbons (Fsp3) is 0.625. The molecular formula is C16H22ClNO2. The molecule has 3 nitrogen and oxygen atoms in total. The van der Waals surface area contributed by atoms with Crippen LogP contribution in [0.25, 0.3) is 0 Å². The SMILES string of the molecule is CCCNC1CC2(CC(OC)C2)Oc2ccc(Cl)cc21. The van der Waals surface area contributed by atoms with Gasteiger partial charge in [0.25, 0.3) is 0 Å². The number of ether oxygens (including phenoxy) is 2. The summed E-state index contributed by atoms with van der Waals surface area (Å²) < 4.78 is 11.7. The van der Waals surface area contributed by atoms with Crippen LogP contribution in [0.3, 0.4) is 0 Å². The van der Waals surface area contributed by atoms with Gasteiger partial charge in [-0.1, -0.05) is 18.5 Å². The minimum atomic E-state index is -0.0487. The summed E-state index contributed by atoms with van der Waals surface area (Å²) in [5, 5.41) is 4.40. The Balaban J connectivity index is 1.84. The third-order valence-electron chi connectivity index (χ3n) is 4.42. The van der Waals surface area contributed by atoms with E-state index in [-0.39, 0.29) is 5.60 Å². The van der Waals surface area contributed by atoms with Crippen LogP contribution < -0.4 is 10.1 Å². The van der Waals surface area contributed by atoms with Gasteiger partial charge in [0.2, 0.25) is 0 Å². The number of benzene rings is 1. The van der Waals surface area contributed by atoms with Gasteiger partial charge >= 0.3 is 0 Å². The topological polar surface area (TPSA) is 30.5 Å². The predicted octanol–water partition coefficient (Wildman–Crippen LogP) is 3.71. The molecule has 1 N–H and O–H groups in total. The molecular weight excluding hydrogens is 274 g/mol. The third kappa shape index (κ3) is 2.54. The van der Waals surface area contributed by atoms with Crippen LogP contribution >= 0.6 is 11.6 Å². The summed E-state index contributed by atoms with van der Waals surface area (Å²) >= 11 is 6.14. The molecule has 0 bridgehead atoms. The van der Waals surface area contributed by atoms with Crippen molar-refractivity contribution >= 4 is 11.6 Å². The fourth-order valence-corrected chi connectivity index (χ4v) is 3.51. The van der Waals surface area contributed by atoms with Gasteiger partial charge < -0.3 is 14.8 Å². The molecule has 4 heteroatoms. The predicted molar refractivity (Wildman–Crippen MR) is 80.5 cm³/mol. The second kappa shape index (κ2) is 5.55. The number of nitrogens with one attached hydrogen (secondary N) is 1. The Bertz CT molecular complexity index is 485. The van der Waals surface area contributed by atoms with E-state index in [0.29, 0.717) is 12.1 Å². The third-order valence-corrected chi connectivity index (χ3v) is 4.66. The molecule has 110 valence electrons. The maximum absolute atomic E-state index is 6.27. The van der Waals surface area contributed by atoms with E-state index in [1.807, 2.05) is 18.2 Å². The molecule has 1 aliphatic carbocycles. The lowest BCUT2D eigenvalue weighted by Crippen LogP contribution is -2.56. The first-order chi connectivity index (χ1) is 9.65.